The van der Waals surface area contributed by atoms with E-state index in [-0.39, 0.29) is 12.5 Å². The third-order valence-corrected chi connectivity index (χ3v) is 4.50. The zero-order valence-corrected chi connectivity index (χ0v) is 13.9. The van der Waals surface area contributed by atoms with E-state index in [0.717, 1.165) is 36.8 Å². The Morgan fingerprint density at radius 2 is 1.87 bits per heavy atom. The quantitative estimate of drug-likeness (QED) is 0.745. The molecule has 1 aliphatic rings. The van der Waals surface area contributed by atoms with Gasteiger partial charge in [0.2, 0.25) is 0 Å². The molecule has 2 rings (SSSR count). The second-order valence-corrected chi connectivity index (χ2v) is 6.45. The van der Waals surface area contributed by atoms with E-state index in [1.165, 1.54) is 6.42 Å². The lowest BCUT2D eigenvalue weighted by molar-refractivity contribution is -0.136. The van der Waals surface area contributed by atoms with Gasteiger partial charge in [-0.15, -0.1) is 0 Å². The molecule has 126 valence electrons. The summed E-state index contributed by atoms with van der Waals surface area (Å²) >= 11 is 0. The Morgan fingerprint density at radius 3 is 2.52 bits per heavy atom. The van der Waals surface area contributed by atoms with Crippen LogP contribution in [0.15, 0.2) is 18.2 Å². The van der Waals surface area contributed by atoms with Crippen molar-refractivity contribution in [1.29, 1.82) is 0 Å². The van der Waals surface area contributed by atoms with Crippen molar-refractivity contribution in [3.8, 4) is 0 Å². The Kier molecular flexibility index (Phi) is 6.16. The number of anilines is 1. The largest absolute Gasteiger partial charge is 0.391 e. The van der Waals surface area contributed by atoms with E-state index in [2.05, 4.69) is 10.6 Å². The van der Waals surface area contributed by atoms with Crippen LogP contribution < -0.4 is 10.6 Å². The lowest BCUT2D eigenvalue weighted by Gasteiger charge is -2.26. The number of amides is 2. The van der Waals surface area contributed by atoms with Crippen LogP contribution in [0.3, 0.4) is 0 Å². The zero-order valence-electron chi connectivity index (χ0n) is 13.9. The van der Waals surface area contributed by atoms with Gasteiger partial charge in [0.1, 0.15) is 0 Å². The van der Waals surface area contributed by atoms with Crippen LogP contribution in [0, 0.1) is 19.8 Å². The molecule has 2 amide bonds. The number of carbonyl (C=O) groups is 2. The number of hydrogen-bond acceptors (Lipinski definition) is 3. The number of aliphatic hydroxyl groups is 1. The maximum Gasteiger partial charge on any atom is 0.313 e. The lowest BCUT2D eigenvalue weighted by atomic mass is 9.85. The minimum absolute atomic E-state index is 0.129. The molecule has 0 aromatic heterocycles. The molecule has 5 heteroatoms. The van der Waals surface area contributed by atoms with Crippen molar-refractivity contribution in [1.82, 2.24) is 5.32 Å². The molecule has 0 heterocycles. The minimum atomic E-state index is -0.708. The monoisotopic (exact) mass is 318 g/mol. The highest BCUT2D eigenvalue weighted by atomic mass is 16.3. The van der Waals surface area contributed by atoms with E-state index in [0.29, 0.717) is 5.69 Å². The fourth-order valence-electron chi connectivity index (χ4n) is 3.10. The van der Waals surface area contributed by atoms with Crippen LogP contribution in [-0.4, -0.2) is 29.6 Å². The van der Waals surface area contributed by atoms with E-state index in [4.69, 9.17) is 0 Å². The molecular formula is C18H26N2O3. The summed E-state index contributed by atoms with van der Waals surface area (Å²) in [5.74, 6) is -1.18. The van der Waals surface area contributed by atoms with E-state index in [1.54, 1.807) is 6.07 Å². The third kappa shape index (κ3) is 5.06. The summed E-state index contributed by atoms with van der Waals surface area (Å²) in [6.45, 7) is 3.98. The summed E-state index contributed by atoms with van der Waals surface area (Å²) in [5, 5.41) is 15.3. The van der Waals surface area contributed by atoms with Crippen LogP contribution in [0.1, 0.15) is 43.2 Å². The molecule has 1 aromatic carbocycles. The van der Waals surface area contributed by atoms with Gasteiger partial charge in [-0.2, -0.15) is 0 Å². The zero-order chi connectivity index (χ0) is 16.8. The van der Waals surface area contributed by atoms with E-state index in [1.807, 2.05) is 26.0 Å². The third-order valence-electron chi connectivity index (χ3n) is 4.50. The van der Waals surface area contributed by atoms with Crippen LogP contribution in [0.2, 0.25) is 0 Å². The fraction of sp³-hybridized carbons (Fsp3) is 0.556. The summed E-state index contributed by atoms with van der Waals surface area (Å²) in [5.41, 5.74) is 2.64. The van der Waals surface area contributed by atoms with Crippen LogP contribution in [0.5, 0.6) is 0 Å². The first-order chi connectivity index (χ1) is 11.0. The Hall–Kier alpha value is -1.88. The SMILES string of the molecule is Cc1ccc(NC(=O)C(=O)NCC(O)C2CCCCC2)c(C)c1. The van der Waals surface area contributed by atoms with Crippen LogP contribution in [-0.2, 0) is 9.59 Å². The maximum atomic E-state index is 11.9. The number of benzene rings is 1. The van der Waals surface area contributed by atoms with E-state index in [9.17, 15) is 14.7 Å². The van der Waals surface area contributed by atoms with Gasteiger partial charge in [-0.1, -0.05) is 37.0 Å². The van der Waals surface area contributed by atoms with E-state index >= 15 is 0 Å². The average molecular weight is 318 g/mol. The molecule has 0 aliphatic heterocycles. The normalized spacial score (nSPS) is 16.7. The van der Waals surface area contributed by atoms with Crippen molar-refractivity contribution in [3.05, 3.63) is 29.3 Å². The second-order valence-electron chi connectivity index (χ2n) is 6.45. The smallest absolute Gasteiger partial charge is 0.313 e. The Labute approximate surface area is 137 Å². The highest BCUT2D eigenvalue weighted by Crippen LogP contribution is 2.26. The molecule has 3 N–H and O–H groups in total. The van der Waals surface area contributed by atoms with Crippen molar-refractivity contribution in [3.63, 3.8) is 0 Å². The molecule has 23 heavy (non-hydrogen) atoms. The minimum Gasteiger partial charge on any atom is -0.391 e. The molecule has 5 nitrogen and oxygen atoms in total. The molecule has 0 radical (unpaired) electrons. The average Bonchev–Trinajstić information content (AvgIpc) is 2.55. The van der Waals surface area contributed by atoms with Gasteiger partial charge >= 0.3 is 11.8 Å². The van der Waals surface area contributed by atoms with E-state index < -0.39 is 17.9 Å². The van der Waals surface area contributed by atoms with Crippen LogP contribution >= 0.6 is 0 Å². The van der Waals surface area contributed by atoms with Crippen molar-refractivity contribution >= 4 is 17.5 Å². The van der Waals surface area contributed by atoms with Gasteiger partial charge in [0.05, 0.1) is 6.10 Å². The summed E-state index contributed by atoms with van der Waals surface area (Å²) in [6.07, 6.45) is 4.88. The molecule has 0 spiro atoms. The Bertz CT molecular complexity index is 565. The predicted octanol–water partition coefficient (Wildman–Crippen LogP) is 2.30. The first kappa shape index (κ1) is 17.5. The topological polar surface area (TPSA) is 78.4 Å². The summed E-state index contributed by atoms with van der Waals surface area (Å²) < 4.78 is 0. The molecule has 1 atom stereocenters. The van der Waals surface area contributed by atoms with Crippen LogP contribution in [0.25, 0.3) is 0 Å². The van der Waals surface area contributed by atoms with Crippen molar-refractivity contribution in [2.24, 2.45) is 5.92 Å². The predicted molar refractivity (Wildman–Crippen MR) is 90.1 cm³/mol. The molecule has 1 aromatic rings. The van der Waals surface area contributed by atoms with Gasteiger partial charge < -0.3 is 15.7 Å². The van der Waals surface area contributed by atoms with Gasteiger partial charge in [0.15, 0.2) is 0 Å². The van der Waals surface area contributed by atoms with Gasteiger partial charge in [-0.05, 0) is 44.2 Å². The summed E-state index contributed by atoms with van der Waals surface area (Å²) in [4.78, 5) is 23.8. The summed E-state index contributed by atoms with van der Waals surface area (Å²) in [7, 11) is 0. The number of aryl methyl sites for hydroxylation is 2. The summed E-state index contributed by atoms with van der Waals surface area (Å²) in [6, 6.07) is 5.61. The van der Waals surface area contributed by atoms with Crippen molar-refractivity contribution < 1.29 is 14.7 Å². The van der Waals surface area contributed by atoms with Gasteiger partial charge in [-0.25, -0.2) is 0 Å². The Morgan fingerprint density at radius 1 is 1.17 bits per heavy atom. The van der Waals surface area contributed by atoms with Gasteiger partial charge in [0.25, 0.3) is 0 Å². The second kappa shape index (κ2) is 8.11. The maximum absolute atomic E-state index is 11.9. The van der Waals surface area contributed by atoms with Gasteiger partial charge in [-0.3, -0.25) is 9.59 Å². The van der Waals surface area contributed by atoms with Crippen molar-refractivity contribution in [2.45, 2.75) is 52.1 Å². The first-order valence-corrected chi connectivity index (χ1v) is 8.32. The number of aliphatic hydroxyl groups excluding tert-OH is 1. The Balaban J connectivity index is 1.81. The fourth-order valence-corrected chi connectivity index (χ4v) is 3.10. The van der Waals surface area contributed by atoms with Crippen molar-refractivity contribution in [2.75, 3.05) is 11.9 Å². The number of nitrogens with one attached hydrogen (secondary N) is 2. The number of carbonyl (C=O) groups excluding carboxylic acids is 2. The molecule has 1 aliphatic carbocycles. The standard InChI is InChI=1S/C18H26N2O3/c1-12-8-9-15(13(2)10-12)20-18(23)17(22)19-11-16(21)14-6-4-3-5-7-14/h8-10,14,16,21H,3-7,11H2,1-2H3,(H,19,22)(H,20,23). The molecular weight excluding hydrogens is 292 g/mol. The number of hydrogen-bond donors (Lipinski definition) is 3. The molecule has 1 unspecified atom stereocenters. The van der Waals surface area contributed by atoms with Gasteiger partial charge in [0, 0.05) is 12.2 Å². The molecule has 0 bridgehead atoms. The molecule has 1 fully saturated rings. The first-order valence-electron chi connectivity index (χ1n) is 8.32. The highest BCUT2D eigenvalue weighted by Gasteiger charge is 2.23. The number of rotatable bonds is 4. The lowest BCUT2D eigenvalue weighted by Crippen LogP contribution is -2.42. The molecule has 0 saturated heterocycles. The highest BCUT2D eigenvalue weighted by molar-refractivity contribution is 6.39. The molecule has 1 saturated carbocycles. The van der Waals surface area contributed by atoms with Crippen LogP contribution in [0.4, 0.5) is 5.69 Å².